The van der Waals surface area contributed by atoms with Crippen molar-refractivity contribution >= 4 is 0 Å². The Morgan fingerprint density at radius 2 is 1.81 bits per heavy atom. The zero-order chi connectivity index (χ0) is 15.8. The number of para-hydroxylation sites is 1. The fraction of sp³-hybridized carbons (Fsp3) is 0.647. The van der Waals surface area contributed by atoms with Gasteiger partial charge < -0.3 is 15.4 Å². The molecule has 2 N–H and O–H groups in total. The lowest BCUT2D eigenvalue weighted by molar-refractivity contribution is 0.158. The van der Waals surface area contributed by atoms with Crippen LogP contribution in [-0.4, -0.2) is 56.7 Å². The molecule has 0 aliphatic carbocycles. The molecule has 2 unspecified atom stereocenters. The molecule has 4 nitrogen and oxygen atoms in total. The van der Waals surface area contributed by atoms with E-state index >= 15 is 0 Å². The molecular weight excluding hydrogens is 262 g/mol. The molecule has 2 atom stereocenters. The highest BCUT2D eigenvalue weighted by Gasteiger charge is 2.26. The van der Waals surface area contributed by atoms with E-state index in [1.807, 2.05) is 12.1 Å². The van der Waals surface area contributed by atoms with Gasteiger partial charge >= 0.3 is 0 Å². The maximum Gasteiger partial charge on any atom is 0.123 e. The number of nitrogens with two attached hydrogens (primary N) is 1. The van der Waals surface area contributed by atoms with Crippen LogP contribution in [0, 0.1) is 0 Å². The third-order valence-electron chi connectivity index (χ3n) is 3.69. The Bertz CT molecular complexity index is 407. The van der Waals surface area contributed by atoms with Crippen molar-refractivity contribution in [1.82, 2.24) is 9.80 Å². The Hall–Kier alpha value is -1.10. The minimum atomic E-state index is 0.0509. The number of nitrogens with zero attached hydrogens (tertiary/aromatic N) is 2. The van der Waals surface area contributed by atoms with Gasteiger partial charge in [0.1, 0.15) is 5.75 Å². The first-order valence-electron chi connectivity index (χ1n) is 7.78. The molecule has 0 heterocycles. The van der Waals surface area contributed by atoms with Gasteiger partial charge in [0.05, 0.1) is 13.2 Å². The molecule has 4 heteroatoms. The van der Waals surface area contributed by atoms with Gasteiger partial charge in [0.15, 0.2) is 0 Å². The lowest BCUT2D eigenvalue weighted by Crippen LogP contribution is -2.43. The van der Waals surface area contributed by atoms with Crippen LogP contribution in [0.5, 0.6) is 5.75 Å². The van der Waals surface area contributed by atoms with Crippen molar-refractivity contribution in [1.29, 1.82) is 0 Å². The summed E-state index contributed by atoms with van der Waals surface area (Å²) in [6.07, 6.45) is 1.12. The van der Waals surface area contributed by atoms with Crippen LogP contribution in [0.15, 0.2) is 24.3 Å². The molecule has 0 aliphatic rings. The highest BCUT2D eigenvalue weighted by atomic mass is 16.5. The summed E-state index contributed by atoms with van der Waals surface area (Å²) in [5, 5.41) is 0. The van der Waals surface area contributed by atoms with Gasteiger partial charge in [0.25, 0.3) is 0 Å². The number of hydrogen-bond donors (Lipinski definition) is 1. The molecule has 0 saturated carbocycles. The number of methoxy groups -OCH3 is 1. The van der Waals surface area contributed by atoms with Gasteiger partial charge in [-0.25, -0.2) is 0 Å². The van der Waals surface area contributed by atoms with E-state index in [2.05, 4.69) is 49.9 Å². The summed E-state index contributed by atoms with van der Waals surface area (Å²) in [6.45, 7) is 7.36. The molecule has 0 spiro atoms. The van der Waals surface area contributed by atoms with E-state index in [1.165, 1.54) is 5.56 Å². The van der Waals surface area contributed by atoms with Gasteiger partial charge in [-0.05, 0) is 40.1 Å². The van der Waals surface area contributed by atoms with E-state index in [4.69, 9.17) is 10.5 Å². The molecule has 1 rings (SSSR count). The van der Waals surface area contributed by atoms with Crippen molar-refractivity contribution in [2.75, 3.05) is 40.8 Å². The summed E-state index contributed by atoms with van der Waals surface area (Å²) < 4.78 is 5.54. The Labute approximate surface area is 129 Å². The monoisotopic (exact) mass is 293 g/mol. The zero-order valence-electron chi connectivity index (χ0n) is 14.2. The molecular formula is C17H31N3O. The normalized spacial score (nSPS) is 14.5. The minimum absolute atomic E-state index is 0.0509. The highest BCUT2D eigenvalue weighted by molar-refractivity contribution is 5.36. The van der Waals surface area contributed by atoms with Gasteiger partial charge in [-0.1, -0.05) is 25.1 Å². The predicted octanol–water partition coefficient (Wildman–Crippen LogP) is 2.36. The lowest BCUT2D eigenvalue weighted by Gasteiger charge is -2.35. The molecule has 0 bridgehead atoms. The first-order chi connectivity index (χ1) is 10.0. The van der Waals surface area contributed by atoms with Gasteiger partial charge in [0.2, 0.25) is 0 Å². The first-order valence-corrected chi connectivity index (χ1v) is 7.78. The molecule has 120 valence electrons. The third kappa shape index (κ3) is 5.30. The van der Waals surface area contributed by atoms with Crippen LogP contribution < -0.4 is 10.5 Å². The molecule has 21 heavy (non-hydrogen) atoms. The Morgan fingerprint density at radius 1 is 1.14 bits per heavy atom. The summed E-state index contributed by atoms with van der Waals surface area (Å²) in [4.78, 5) is 4.69. The van der Waals surface area contributed by atoms with E-state index < -0.39 is 0 Å². The fourth-order valence-electron chi connectivity index (χ4n) is 2.73. The zero-order valence-corrected chi connectivity index (χ0v) is 14.2. The standard InChI is InChI=1S/C17H31N3O/c1-6-11-20(13-12-19(3)4)17(14(2)18)15-9-7-8-10-16(15)21-5/h7-10,14,17H,6,11-13,18H2,1-5H3. The van der Waals surface area contributed by atoms with Crippen LogP contribution in [0.3, 0.4) is 0 Å². The summed E-state index contributed by atoms with van der Waals surface area (Å²) in [7, 11) is 5.93. The van der Waals surface area contributed by atoms with Crippen LogP contribution in [-0.2, 0) is 0 Å². The smallest absolute Gasteiger partial charge is 0.123 e. The summed E-state index contributed by atoms with van der Waals surface area (Å²) >= 11 is 0. The van der Waals surface area contributed by atoms with E-state index in [1.54, 1.807) is 7.11 Å². The van der Waals surface area contributed by atoms with E-state index in [-0.39, 0.29) is 12.1 Å². The first kappa shape index (κ1) is 18.0. The molecule has 1 aromatic carbocycles. The molecule has 0 radical (unpaired) electrons. The molecule has 0 aromatic heterocycles. The van der Waals surface area contributed by atoms with Crippen molar-refractivity contribution in [3.63, 3.8) is 0 Å². The summed E-state index contributed by atoms with van der Waals surface area (Å²) in [6, 6.07) is 8.44. The topological polar surface area (TPSA) is 41.7 Å². The maximum atomic E-state index is 6.32. The Morgan fingerprint density at radius 3 is 2.33 bits per heavy atom. The predicted molar refractivity (Wildman–Crippen MR) is 89.8 cm³/mol. The molecule has 0 saturated heterocycles. The SMILES string of the molecule is CCCN(CCN(C)C)C(c1ccccc1OC)C(C)N. The van der Waals surface area contributed by atoms with E-state index in [9.17, 15) is 0 Å². The second-order valence-electron chi connectivity index (χ2n) is 5.89. The van der Waals surface area contributed by atoms with Crippen molar-refractivity contribution in [3.05, 3.63) is 29.8 Å². The number of benzene rings is 1. The van der Waals surface area contributed by atoms with Gasteiger partial charge in [-0.2, -0.15) is 0 Å². The minimum Gasteiger partial charge on any atom is -0.496 e. The van der Waals surface area contributed by atoms with Crippen LogP contribution in [0.1, 0.15) is 31.9 Å². The molecule has 0 aliphatic heterocycles. The largest absolute Gasteiger partial charge is 0.496 e. The fourth-order valence-corrected chi connectivity index (χ4v) is 2.73. The molecule has 1 aromatic rings. The number of ether oxygens (including phenoxy) is 1. The third-order valence-corrected chi connectivity index (χ3v) is 3.69. The molecule has 0 fully saturated rings. The average Bonchev–Trinajstić information content (AvgIpc) is 2.45. The maximum absolute atomic E-state index is 6.32. The van der Waals surface area contributed by atoms with Gasteiger partial charge in [0, 0.05) is 24.7 Å². The number of likely N-dealkylation sites (N-methyl/N-ethyl adjacent to an activating group) is 1. The van der Waals surface area contributed by atoms with Crippen LogP contribution >= 0.6 is 0 Å². The van der Waals surface area contributed by atoms with Gasteiger partial charge in [-0.3, -0.25) is 4.90 Å². The number of rotatable bonds is 9. The van der Waals surface area contributed by atoms with Crippen LogP contribution in [0.25, 0.3) is 0 Å². The van der Waals surface area contributed by atoms with Crippen molar-refractivity contribution in [2.45, 2.75) is 32.4 Å². The second kappa shape index (κ2) is 9.03. The van der Waals surface area contributed by atoms with E-state index in [0.29, 0.717) is 0 Å². The quantitative estimate of drug-likeness (QED) is 0.759. The second-order valence-corrected chi connectivity index (χ2v) is 5.89. The van der Waals surface area contributed by atoms with Crippen molar-refractivity contribution in [2.24, 2.45) is 5.73 Å². The van der Waals surface area contributed by atoms with Crippen LogP contribution in [0.2, 0.25) is 0 Å². The summed E-state index contributed by atoms with van der Waals surface area (Å²) in [5.74, 6) is 0.922. The van der Waals surface area contributed by atoms with Crippen molar-refractivity contribution < 1.29 is 4.74 Å². The molecule has 0 amide bonds. The van der Waals surface area contributed by atoms with Gasteiger partial charge in [-0.15, -0.1) is 0 Å². The number of hydrogen-bond acceptors (Lipinski definition) is 4. The van der Waals surface area contributed by atoms with Crippen molar-refractivity contribution in [3.8, 4) is 5.75 Å². The Kier molecular flexibility index (Phi) is 7.72. The summed E-state index contributed by atoms with van der Waals surface area (Å²) in [5.41, 5.74) is 7.50. The van der Waals surface area contributed by atoms with E-state index in [0.717, 1.165) is 31.8 Å². The van der Waals surface area contributed by atoms with Crippen LogP contribution in [0.4, 0.5) is 0 Å². The lowest BCUT2D eigenvalue weighted by atomic mass is 9.97. The highest BCUT2D eigenvalue weighted by Crippen LogP contribution is 2.31. The Balaban J connectivity index is 3.05. The average molecular weight is 293 g/mol.